The van der Waals surface area contributed by atoms with E-state index in [4.69, 9.17) is 0 Å². The first kappa shape index (κ1) is 15.8. The first-order chi connectivity index (χ1) is 10.5. The van der Waals surface area contributed by atoms with Crippen molar-refractivity contribution in [2.24, 2.45) is 0 Å². The molecule has 0 aliphatic carbocycles. The van der Waals surface area contributed by atoms with Crippen LogP contribution in [-0.2, 0) is 4.79 Å². The van der Waals surface area contributed by atoms with Gasteiger partial charge in [0.1, 0.15) is 17.5 Å². The van der Waals surface area contributed by atoms with Gasteiger partial charge in [-0.25, -0.2) is 13.2 Å². The van der Waals surface area contributed by atoms with E-state index in [0.717, 1.165) is 12.1 Å². The Balaban J connectivity index is 2.02. The Labute approximate surface area is 126 Å². The smallest absolute Gasteiger partial charge is 0.244 e. The molecule has 1 amide bonds. The Hall–Kier alpha value is -2.56. The Morgan fingerprint density at radius 2 is 1.82 bits per heavy atom. The first-order valence-corrected chi connectivity index (χ1v) is 6.65. The highest BCUT2D eigenvalue weighted by Gasteiger charge is 2.12. The van der Waals surface area contributed by atoms with Crippen LogP contribution in [-0.4, -0.2) is 5.91 Å². The van der Waals surface area contributed by atoms with Gasteiger partial charge in [0.15, 0.2) is 0 Å². The first-order valence-electron chi connectivity index (χ1n) is 6.65. The molecule has 1 atom stereocenters. The van der Waals surface area contributed by atoms with Crippen LogP contribution in [0.4, 0.5) is 13.2 Å². The zero-order chi connectivity index (χ0) is 16.1. The third-order valence-corrected chi connectivity index (χ3v) is 3.06. The normalized spacial score (nSPS) is 12.4. The van der Waals surface area contributed by atoms with E-state index in [-0.39, 0.29) is 5.56 Å². The standard InChI is InChI=1S/C17H14F3NO/c1-11(15-7-6-14(19)10-16(15)20)21-17(22)8-5-12-3-2-4-13(18)9-12/h2-11H,1H3,(H,21,22)/b8-5+. The lowest BCUT2D eigenvalue weighted by Crippen LogP contribution is -2.25. The molecule has 0 aliphatic rings. The Morgan fingerprint density at radius 1 is 1.09 bits per heavy atom. The molecule has 2 aromatic carbocycles. The van der Waals surface area contributed by atoms with Gasteiger partial charge < -0.3 is 5.32 Å². The molecule has 0 saturated carbocycles. The quantitative estimate of drug-likeness (QED) is 0.850. The summed E-state index contributed by atoms with van der Waals surface area (Å²) < 4.78 is 39.4. The topological polar surface area (TPSA) is 29.1 Å². The molecule has 0 saturated heterocycles. The van der Waals surface area contributed by atoms with Crippen LogP contribution in [0.15, 0.2) is 48.5 Å². The second-order valence-electron chi connectivity index (χ2n) is 4.78. The summed E-state index contributed by atoms with van der Waals surface area (Å²) in [5.74, 6) is -2.25. The summed E-state index contributed by atoms with van der Waals surface area (Å²) in [6.07, 6.45) is 2.68. The zero-order valence-corrected chi connectivity index (χ0v) is 11.8. The maximum atomic E-state index is 13.6. The van der Waals surface area contributed by atoms with Crippen LogP contribution < -0.4 is 5.32 Å². The van der Waals surface area contributed by atoms with Crippen LogP contribution in [0.5, 0.6) is 0 Å². The van der Waals surface area contributed by atoms with E-state index in [1.807, 2.05) is 0 Å². The zero-order valence-electron chi connectivity index (χ0n) is 11.8. The minimum Gasteiger partial charge on any atom is -0.346 e. The largest absolute Gasteiger partial charge is 0.346 e. The third kappa shape index (κ3) is 4.22. The number of halogens is 3. The fraction of sp³-hybridized carbons (Fsp3) is 0.118. The molecule has 0 aliphatic heterocycles. The molecule has 5 heteroatoms. The lowest BCUT2D eigenvalue weighted by atomic mass is 10.1. The molecule has 2 nitrogen and oxygen atoms in total. The molecule has 114 valence electrons. The summed E-state index contributed by atoms with van der Waals surface area (Å²) in [6, 6.07) is 8.32. The summed E-state index contributed by atoms with van der Waals surface area (Å²) in [6.45, 7) is 1.59. The van der Waals surface area contributed by atoms with Crippen LogP contribution in [0.2, 0.25) is 0 Å². The molecule has 0 aromatic heterocycles. The highest BCUT2D eigenvalue weighted by molar-refractivity contribution is 5.91. The number of carbonyl (C=O) groups excluding carboxylic acids is 1. The predicted octanol–water partition coefficient (Wildman–Crippen LogP) is 3.99. The lowest BCUT2D eigenvalue weighted by Gasteiger charge is -2.13. The van der Waals surface area contributed by atoms with Crippen molar-refractivity contribution < 1.29 is 18.0 Å². The molecule has 1 N–H and O–H groups in total. The summed E-state index contributed by atoms with van der Waals surface area (Å²) in [4.78, 5) is 11.8. The Bertz CT molecular complexity index is 713. The van der Waals surface area contributed by atoms with Crippen LogP contribution in [0, 0.1) is 17.5 Å². The van der Waals surface area contributed by atoms with Crippen molar-refractivity contribution in [3.63, 3.8) is 0 Å². The number of carbonyl (C=O) groups is 1. The molecule has 2 rings (SSSR count). The summed E-state index contributed by atoms with van der Waals surface area (Å²) >= 11 is 0. The number of rotatable bonds is 4. The van der Waals surface area contributed by atoms with Gasteiger partial charge in [-0.3, -0.25) is 4.79 Å². The minimum atomic E-state index is -0.720. The van der Waals surface area contributed by atoms with E-state index < -0.39 is 29.4 Å². The van der Waals surface area contributed by atoms with Gasteiger partial charge in [0, 0.05) is 17.7 Å². The van der Waals surface area contributed by atoms with Crippen molar-refractivity contribution in [2.75, 3.05) is 0 Å². The fourth-order valence-electron chi connectivity index (χ4n) is 1.97. The van der Waals surface area contributed by atoms with Gasteiger partial charge in [-0.2, -0.15) is 0 Å². The molecule has 0 radical (unpaired) electrons. The van der Waals surface area contributed by atoms with E-state index in [9.17, 15) is 18.0 Å². The van der Waals surface area contributed by atoms with Gasteiger partial charge in [0.25, 0.3) is 0 Å². The summed E-state index contributed by atoms with van der Waals surface area (Å²) in [5, 5.41) is 2.56. The summed E-state index contributed by atoms with van der Waals surface area (Å²) in [7, 11) is 0. The van der Waals surface area contributed by atoms with Crippen molar-refractivity contribution in [1.29, 1.82) is 0 Å². The van der Waals surface area contributed by atoms with E-state index >= 15 is 0 Å². The molecule has 0 spiro atoms. The van der Waals surface area contributed by atoms with E-state index in [2.05, 4.69) is 5.32 Å². The average molecular weight is 305 g/mol. The number of nitrogens with one attached hydrogen (secondary N) is 1. The fourth-order valence-corrected chi connectivity index (χ4v) is 1.97. The van der Waals surface area contributed by atoms with Crippen LogP contribution in [0.1, 0.15) is 24.1 Å². The van der Waals surface area contributed by atoms with Gasteiger partial charge in [-0.15, -0.1) is 0 Å². The Kier molecular flexibility index (Phi) is 4.99. The molecular formula is C17H14F3NO. The molecule has 1 unspecified atom stereocenters. The molecule has 0 bridgehead atoms. The van der Waals surface area contributed by atoms with E-state index in [1.165, 1.54) is 36.4 Å². The maximum Gasteiger partial charge on any atom is 0.244 e. The van der Waals surface area contributed by atoms with Gasteiger partial charge >= 0.3 is 0 Å². The predicted molar refractivity (Wildman–Crippen MR) is 78.3 cm³/mol. The second-order valence-corrected chi connectivity index (χ2v) is 4.78. The molecule has 0 fully saturated rings. The van der Waals surface area contributed by atoms with Crippen molar-refractivity contribution in [1.82, 2.24) is 5.32 Å². The van der Waals surface area contributed by atoms with E-state index in [0.29, 0.717) is 5.56 Å². The van der Waals surface area contributed by atoms with Crippen LogP contribution in [0.3, 0.4) is 0 Å². The highest BCUT2D eigenvalue weighted by Crippen LogP contribution is 2.17. The third-order valence-electron chi connectivity index (χ3n) is 3.06. The number of hydrogen-bond acceptors (Lipinski definition) is 1. The lowest BCUT2D eigenvalue weighted by molar-refractivity contribution is -0.117. The van der Waals surface area contributed by atoms with E-state index in [1.54, 1.807) is 13.0 Å². The van der Waals surface area contributed by atoms with Crippen LogP contribution in [0.25, 0.3) is 6.08 Å². The number of hydrogen-bond donors (Lipinski definition) is 1. The number of benzene rings is 2. The monoisotopic (exact) mass is 305 g/mol. The second kappa shape index (κ2) is 6.93. The average Bonchev–Trinajstić information content (AvgIpc) is 2.45. The van der Waals surface area contributed by atoms with Gasteiger partial charge in [-0.1, -0.05) is 18.2 Å². The van der Waals surface area contributed by atoms with Gasteiger partial charge in [0.05, 0.1) is 6.04 Å². The van der Waals surface area contributed by atoms with Gasteiger partial charge in [0.2, 0.25) is 5.91 Å². The molecular weight excluding hydrogens is 291 g/mol. The highest BCUT2D eigenvalue weighted by atomic mass is 19.1. The van der Waals surface area contributed by atoms with Crippen molar-refractivity contribution in [3.05, 3.63) is 77.1 Å². The van der Waals surface area contributed by atoms with Crippen molar-refractivity contribution >= 4 is 12.0 Å². The molecule has 22 heavy (non-hydrogen) atoms. The van der Waals surface area contributed by atoms with Crippen molar-refractivity contribution in [3.8, 4) is 0 Å². The SMILES string of the molecule is CC(NC(=O)/C=C/c1cccc(F)c1)c1ccc(F)cc1F. The summed E-state index contributed by atoms with van der Waals surface area (Å²) in [5.41, 5.74) is 0.727. The maximum absolute atomic E-state index is 13.6. The van der Waals surface area contributed by atoms with Crippen LogP contribution >= 0.6 is 0 Å². The van der Waals surface area contributed by atoms with Gasteiger partial charge in [-0.05, 0) is 36.8 Å². The minimum absolute atomic E-state index is 0.189. The molecule has 0 heterocycles. The Morgan fingerprint density at radius 3 is 2.50 bits per heavy atom. The van der Waals surface area contributed by atoms with Crippen molar-refractivity contribution in [2.45, 2.75) is 13.0 Å². The molecule has 2 aromatic rings. The number of amides is 1.